The predicted octanol–water partition coefficient (Wildman–Crippen LogP) is 3.64. The lowest BCUT2D eigenvalue weighted by atomic mass is 9.86. The van der Waals surface area contributed by atoms with Crippen LogP contribution in [0.5, 0.6) is 0 Å². The molecule has 1 aromatic carbocycles. The zero-order chi connectivity index (χ0) is 17.2. The molecule has 2 saturated heterocycles. The number of hydrogen-bond donors (Lipinski definition) is 0. The number of amides is 1. The van der Waals surface area contributed by atoms with E-state index in [2.05, 4.69) is 49.6 Å². The number of nitrogens with zero attached hydrogens (tertiary/aromatic N) is 2. The third-order valence-electron chi connectivity index (χ3n) is 5.24. The van der Waals surface area contributed by atoms with Gasteiger partial charge >= 0.3 is 0 Å². The van der Waals surface area contributed by atoms with Crippen molar-refractivity contribution in [2.45, 2.75) is 45.1 Å². The van der Waals surface area contributed by atoms with Crippen LogP contribution in [0.3, 0.4) is 0 Å². The molecule has 3 rings (SSSR count). The number of carbonyl (C=O) groups is 1. The maximum absolute atomic E-state index is 12.8. The summed E-state index contributed by atoms with van der Waals surface area (Å²) in [6.45, 7) is 10.5. The van der Waals surface area contributed by atoms with Crippen molar-refractivity contribution in [2.75, 3.05) is 37.7 Å². The third-order valence-corrected chi connectivity index (χ3v) is 6.38. The first-order valence-corrected chi connectivity index (χ1v) is 10.3. The van der Waals surface area contributed by atoms with Gasteiger partial charge in [-0.1, -0.05) is 32.9 Å². The van der Waals surface area contributed by atoms with Gasteiger partial charge in [0.05, 0.1) is 0 Å². The van der Waals surface area contributed by atoms with Crippen molar-refractivity contribution in [1.29, 1.82) is 0 Å². The Bertz CT molecular complexity index is 558. The fourth-order valence-corrected chi connectivity index (χ4v) is 4.87. The second-order valence-corrected chi connectivity index (χ2v) is 9.18. The highest BCUT2D eigenvalue weighted by atomic mass is 32.2. The molecule has 24 heavy (non-hydrogen) atoms. The van der Waals surface area contributed by atoms with Crippen LogP contribution in [0.15, 0.2) is 24.3 Å². The maximum atomic E-state index is 12.8. The van der Waals surface area contributed by atoms with E-state index >= 15 is 0 Å². The molecule has 0 aromatic heterocycles. The van der Waals surface area contributed by atoms with Gasteiger partial charge in [0.1, 0.15) is 0 Å². The molecule has 1 amide bonds. The molecule has 0 N–H and O–H groups in total. The van der Waals surface area contributed by atoms with Crippen molar-refractivity contribution in [3.05, 3.63) is 35.4 Å². The maximum Gasteiger partial charge on any atom is 0.253 e. The van der Waals surface area contributed by atoms with Crippen LogP contribution < -0.4 is 0 Å². The zero-order valence-electron chi connectivity index (χ0n) is 15.3. The van der Waals surface area contributed by atoms with Crippen molar-refractivity contribution in [2.24, 2.45) is 0 Å². The summed E-state index contributed by atoms with van der Waals surface area (Å²) < 4.78 is 0. The minimum atomic E-state index is 0.129. The monoisotopic (exact) mass is 346 g/mol. The van der Waals surface area contributed by atoms with Gasteiger partial charge in [-0.05, 0) is 41.7 Å². The van der Waals surface area contributed by atoms with Crippen molar-refractivity contribution >= 4 is 17.7 Å². The molecule has 0 saturated carbocycles. The van der Waals surface area contributed by atoms with Crippen LogP contribution in [0.25, 0.3) is 0 Å². The van der Waals surface area contributed by atoms with Crippen LogP contribution in [-0.4, -0.2) is 59.4 Å². The molecule has 4 heteroatoms. The van der Waals surface area contributed by atoms with E-state index in [9.17, 15) is 4.79 Å². The van der Waals surface area contributed by atoms with Gasteiger partial charge in [-0.3, -0.25) is 9.69 Å². The molecular weight excluding hydrogens is 316 g/mol. The number of hydrogen-bond acceptors (Lipinski definition) is 3. The highest BCUT2D eigenvalue weighted by Gasteiger charge is 2.27. The Kier molecular flexibility index (Phi) is 5.56. The molecule has 3 nitrogen and oxygen atoms in total. The fourth-order valence-electron chi connectivity index (χ4n) is 3.61. The number of carbonyl (C=O) groups excluding carboxylic acids is 1. The Hall–Kier alpha value is -1.00. The lowest BCUT2D eigenvalue weighted by molar-refractivity contribution is 0.0759. The second kappa shape index (κ2) is 7.49. The summed E-state index contributed by atoms with van der Waals surface area (Å²) in [4.78, 5) is 17.5. The quantitative estimate of drug-likeness (QED) is 0.817. The van der Waals surface area contributed by atoms with E-state index in [0.717, 1.165) is 44.2 Å². The van der Waals surface area contributed by atoms with Crippen LogP contribution in [0.1, 0.15) is 49.5 Å². The summed E-state index contributed by atoms with van der Waals surface area (Å²) in [6.07, 6.45) is 2.40. The van der Waals surface area contributed by atoms with Crippen molar-refractivity contribution in [3.8, 4) is 0 Å². The van der Waals surface area contributed by atoms with Crippen molar-refractivity contribution in [3.63, 3.8) is 0 Å². The number of rotatable bonds is 2. The Labute approximate surface area is 150 Å². The highest BCUT2D eigenvalue weighted by Crippen LogP contribution is 2.24. The molecule has 0 bridgehead atoms. The Balaban J connectivity index is 1.62. The second-order valence-electron chi connectivity index (χ2n) is 8.03. The Morgan fingerprint density at radius 2 is 1.83 bits per heavy atom. The third kappa shape index (κ3) is 4.15. The van der Waals surface area contributed by atoms with E-state index in [1.165, 1.54) is 23.5 Å². The first kappa shape index (κ1) is 17.8. The first-order valence-electron chi connectivity index (χ1n) is 9.17. The van der Waals surface area contributed by atoms with Crippen LogP contribution >= 0.6 is 11.8 Å². The molecule has 132 valence electrons. The van der Waals surface area contributed by atoms with Crippen LogP contribution in [0.2, 0.25) is 0 Å². The highest BCUT2D eigenvalue weighted by molar-refractivity contribution is 7.99. The minimum absolute atomic E-state index is 0.129. The molecule has 2 aliphatic rings. The SMILES string of the molecule is CC(C)(C)c1ccc(C(=O)N2CCCN(C3CCSC3)CC2)cc1. The molecule has 1 aromatic rings. The topological polar surface area (TPSA) is 23.6 Å². The van der Waals surface area contributed by atoms with Gasteiger partial charge in [-0.25, -0.2) is 0 Å². The molecule has 2 heterocycles. The smallest absolute Gasteiger partial charge is 0.253 e. The summed E-state index contributed by atoms with van der Waals surface area (Å²) in [7, 11) is 0. The zero-order valence-corrected chi connectivity index (χ0v) is 16.1. The molecule has 0 spiro atoms. The van der Waals surface area contributed by atoms with Gasteiger partial charge in [0.15, 0.2) is 0 Å². The summed E-state index contributed by atoms with van der Waals surface area (Å²) in [6, 6.07) is 8.94. The van der Waals surface area contributed by atoms with Gasteiger partial charge in [-0.2, -0.15) is 11.8 Å². The molecular formula is C20H30N2OS. The van der Waals surface area contributed by atoms with Crippen LogP contribution in [-0.2, 0) is 5.41 Å². The van der Waals surface area contributed by atoms with Crippen LogP contribution in [0.4, 0.5) is 0 Å². The van der Waals surface area contributed by atoms with E-state index in [4.69, 9.17) is 0 Å². The number of thioether (sulfide) groups is 1. The van der Waals surface area contributed by atoms with E-state index < -0.39 is 0 Å². The lowest BCUT2D eigenvalue weighted by Crippen LogP contribution is -2.39. The van der Waals surface area contributed by atoms with Gasteiger partial charge in [-0.15, -0.1) is 0 Å². The summed E-state index contributed by atoms with van der Waals surface area (Å²) in [5.74, 6) is 2.75. The molecule has 2 fully saturated rings. The van der Waals surface area contributed by atoms with Gasteiger partial charge in [0.2, 0.25) is 0 Å². The molecule has 0 aliphatic carbocycles. The number of benzene rings is 1. The van der Waals surface area contributed by atoms with Crippen LogP contribution in [0, 0.1) is 0 Å². The minimum Gasteiger partial charge on any atom is -0.337 e. The molecule has 1 unspecified atom stereocenters. The average Bonchev–Trinajstić information content (AvgIpc) is 2.98. The first-order chi connectivity index (χ1) is 11.4. The van der Waals surface area contributed by atoms with E-state index in [1.807, 2.05) is 17.0 Å². The van der Waals surface area contributed by atoms with E-state index in [1.54, 1.807) is 0 Å². The lowest BCUT2D eigenvalue weighted by Gasteiger charge is -2.27. The molecule has 1 atom stereocenters. The van der Waals surface area contributed by atoms with Gasteiger partial charge < -0.3 is 4.90 Å². The van der Waals surface area contributed by atoms with Crippen molar-refractivity contribution in [1.82, 2.24) is 9.80 Å². The van der Waals surface area contributed by atoms with E-state index in [-0.39, 0.29) is 11.3 Å². The summed E-state index contributed by atoms with van der Waals surface area (Å²) in [5.41, 5.74) is 2.23. The van der Waals surface area contributed by atoms with E-state index in [0.29, 0.717) is 0 Å². The fraction of sp³-hybridized carbons (Fsp3) is 0.650. The average molecular weight is 347 g/mol. The van der Waals surface area contributed by atoms with Gasteiger partial charge in [0.25, 0.3) is 5.91 Å². The Morgan fingerprint density at radius 1 is 1.08 bits per heavy atom. The Morgan fingerprint density at radius 3 is 2.46 bits per heavy atom. The van der Waals surface area contributed by atoms with Crippen molar-refractivity contribution < 1.29 is 4.79 Å². The normalized spacial score (nSPS) is 23.3. The predicted molar refractivity (Wildman–Crippen MR) is 103 cm³/mol. The summed E-state index contributed by atoms with van der Waals surface area (Å²) >= 11 is 2.07. The molecule has 0 radical (unpaired) electrons. The standard InChI is InChI=1S/C20H30N2OS/c1-20(2,3)17-7-5-16(6-8-17)19(23)22-11-4-10-21(12-13-22)18-9-14-24-15-18/h5-8,18H,4,9-15H2,1-3H3. The summed E-state index contributed by atoms with van der Waals surface area (Å²) in [5, 5.41) is 0. The largest absolute Gasteiger partial charge is 0.337 e. The van der Waals surface area contributed by atoms with Gasteiger partial charge in [0, 0.05) is 43.5 Å². The molecule has 2 aliphatic heterocycles.